The Bertz CT molecular complexity index is 1210. The van der Waals surface area contributed by atoms with Gasteiger partial charge in [0.05, 0.1) is 0 Å². The summed E-state index contributed by atoms with van der Waals surface area (Å²) in [4.78, 5) is 2.54. The number of nitrogens with zero attached hydrogens (tertiary/aromatic N) is 1. The lowest BCUT2D eigenvalue weighted by molar-refractivity contribution is 0.190. The Kier molecular flexibility index (Phi) is 10.6. The standard InChI is InChI=1S/C30H31FN2O.2ClH/c31-26-13-10-24(11-14-26)22-34-30-15-12-25-8-4-5-9-28(25)29(30)20-32-27-16-18-33(19-17-27)21-23-6-2-1-3-7-23;;/h1-15,27,32H,16-22H2;2*1H. The number of rotatable bonds is 8. The van der Waals surface area contributed by atoms with E-state index < -0.39 is 0 Å². The van der Waals surface area contributed by atoms with Gasteiger partial charge in [0.15, 0.2) is 0 Å². The van der Waals surface area contributed by atoms with Gasteiger partial charge in [0.1, 0.15) is 18.2 Å². The summed E-state index contributed by atoms with van der Waals surface area (Å²) < 4.78 is 19.5. The minimum atomic E-state index is -0.228. The van der Waals surface area contributed by atoms with E-state index in [9.17, 15) is 4.39 Å². The third-order valence-electron chi connectivity index (χ3n) is 6.71. The topological polar surface area (TPSA) is 24.5 Å². The van der Waals surface area contributed by atoms with Gasteiger partial charge in [-0.15, -0.1) is 24.8 Å². The molecule has 1 aliphatic rings. The first-order valence-corrected chi connectivity index (χ1v) is 12.1. The first-order valence-electron chi connectivity index (χ1n) is 12.1. The van der Waals surface area contributed by atoms with Crippen LogP contribution >= 0.6 is 24.8 Å². The van der Waals surface area contributed by atoms with Crippen LogP contribution in [-0.2, 0) is 19.7 Å². The normalized spacial score (nSPS) is 14.1. The number of fused-ring (bicyclic) bond motifs is 1. The van der Waals surface area contributed by atoms with E-state index in [0.717, 1.165) is 50.3 Å². The summed E-state index contributed by atoms with van der Waals surface area (Å²) in [5.74, 6) is 0.659. The number of hydrogen-bond acceptors (Lipinski definition) is 3. The Balaban J connectivity index is 0.00000180. The predicted octanol–water partition coefficient (Wildman–Crippen LogP) is 7.16. The fraction of sp³-hybridized carbons (Fsp3) is 0.267. The van der Waals surface area contributed by atoms with Crippen molar-refractivity contribution in [1.82, 2.24) is 10.2 Å². The fourth-order valence-electron chi connectivity index (χ4n) is 4.76. The smallest absolute Gasteiger partial charge is 0.124 e. The molecule has 190 valence electrons. The van der Waals surface area contributed by atoms with Crippen LogP contribution in [0, 0.1) is 5.82 Å². The summed E-state index contributed by atoms with van der Waals surface area (Å²) in [5, 5.41) is 6.23. The molecular formula is C30H33Cl2FN2O. The zero-order chi connectivity index (χ0) is 23.2. The molecule has 1 N–H and O–H groups in total. The minimum Gasteiger partial charge on any atom is -0.489 e. The molecule has 0 aliphatic carbocycles. The van der Waals surface area contributed by atoms with Crippen LogP contribution in [0.4, 0.5) is 4.39 Å². The maximum absolute atomic E-state index is 13.2. The molecule has 36 heavy (non-hydrogen) atoms. The van der Waals surface area contributed by atoms with Gasteiger partial charge in [-0.25, -0.2) is 4.39 Å². The van der Waals surface area contributed by atoms with E-state index >= 15 is 0 Å². The highest BCUT2D eigenvalue weighted by molar-refractivity contribution is 5.87. The van der Waals surface area contributed by atoms with Gasteiger partial charge in [0.2, 0.25) is 0 Å². The SMILES string of the molecule is Cl.Cl.Fc1ccc(COc2ccc3ccccc3c2CNC2CCN(Cc3ccccc3)CC2)cc1. The molecule has 0 saturated carbocycles. The molecular weight excluding hydrogens is 494 g/mol. The molecule has 0 atom stereocenters. The monoisotopic (exact) mass is 526 g/mol. The van der Waals surface area contributed by atoms with Crippen LogP contribution in [0.3, 0.4) is 0 Å². The molecule has 4 aromatic rings. The van der Waals surface area contributed by atoms with Gasteiger partial charge in [0.25, 0.3) is 0 Å². The van der Waals surface area contributed by atoms with Crippen LogP contribution in [-0.4, -0.2) is 24.0 Å². The molecule has 3 nitrogen and oxygen atoms in total. The number of halogens is 3. The highest BCUT2D eigenvalue weighted by atomic mass is 35.5. The van der Waals surface area contributed by atoms with Gasteiger partial charge in [-0.1, -0.05) is 72.8 Å². The molecule has 1 aliphatic heterocycles. The zero-order valence-corrected chi connectivity index (χ0v) is 21.9. The molecule has 5 rings (SSSR count). The van der Waals surface area contributed by atoms with Crippen molar-refractivity contribution in [3.05, 3.63) is 114 Å². The van der Waals surface area contributed by atoms with Crippen LogP contribution in [0.25, 0.3) is 10.8 Å². The molecule has 0 amide bonds. The van der Waals surface area contributed by atoms with Crippen LogP contribution < -0.4 is 10.1 Å². The molecule has 0 unspecified atom stereocenters. The lowest BCUT2D eigenvalue weighted by Crippen LogP contribution is -2.41. The second-order valence-corrected chi connectivity index (χ2v) is 9.10. The molecule has 4 aromatic carbocycles. The third kappa shape index (κ3) is 7.21. The van der Waals surface area contributed by atoms with Gasteiger partial charge in [-0.05, 0) is 66.0 Å². The Hall–Kier alpha value is -2.63. The zero-order valence-electron chi connectivity index (χ0n) is 20.2. The molecule has 1 saturated heterocycles. The molecule has 0 aromatic heterocycles. The van der Waals surface area contributed by atoms with Gasteiger partial charge in [-0.3, -0.25) is 4.90 Å². The van der Waals surface area contributed by atoms with Crippen molar-refractivity contribution >= 4 is 35.6 Å². The van der Waals surface area contributed by atoms with Crippen LogP contribution in [0.2, 0.25) is 0 Å². The largest absolute Gasteiger partial charge is 0.489 e. The maximum Gasteiger partial charge on any atom is 0.124 e. The summed E-state index contributed by atoms with van der Waals surface area (Å²) >= 11 is 0. The van der Waals surface area contributed by atoms with Crippen LogP contribution in [0.5, 0.6) is 5.75 Å². The summed E-state index contributed by atoms with van der Waals surface area (Å²) in [6, 6.07) is 30.4. The summed E-state index contributed by atoms with van der Waals surface area (Å²) in [5.41, 5.74) is 3.53. The second-order valence-electron chi connectivity index (χ2n) is 9.10. The van der Waals surface area contributed by atoms with Gasteiger partial charge >= 0.3 is 0 Å². The second kappa shape index (κ2) is 13.6. The van der Waals surface area contributed by atoms with E-state index in [2.05, 4.69) is 76.9 Å². The van der Waals surface area contributed by atoms with E-state index in [-0.39, 0.29) is 30.6 Å². The van der Waals surface area contributed by atoms with Crippen molar-refractivity contribution in [1.29, 1.82) is 0 Å². The van der Waals surface area contributed by atoms with Crippen LogP contribution in [0.15, 0.2) is 91.0 Å². The Labute approximate surface area is 225 Å². The minimum absolute atomic E-state index is 0. The average molecular weight is 528 g/mol. The van der Waals surface area contributed by atoms with Crippen molar-refractivity contribution < 1.29 is 9.13 Å². The lowest BCUT2D eigenvalue weighted by Gasteiger charge is -2.32. The van der Waals surface area contributed by atoms with E-state index in [0.29, 0.717) is 12.6 Å². The Morgan fingerprint density at radius 3 is 2.22 bits per heavy atom. The number of piperidine rings is 1. The molecule has 1 heterocycles. The van der Waals surface area contributed by atoms with E-state index in [4.69, 9.17) is 4.74 Å². The highest BCUT2D eigenvalue weighted by Gasteiger charge is 2.20. The van der Waals surface area contributed by atoms with Gasteiger partial charge in [0, 0.05) is 24.7 Å². The lowest BCUT2D eigenvalue weighted by atomic mass is 10.0. The molecule has 1 fully saturated rings. The van der Waals surface area contributed by atoms with Crippen molar-refractivity contribution in [3.63, 3.8) is 0 Å². The van der Waals surface area contributed by atoms with Crippen molar-refractivity contribution in [3.8, 4) is 5.75 Å². The van der Waals surface area contributed by atoms with E-state index in [1.165, 1.54) is 34.0 Å². The first-order chi connectivity index (χ1) is 16.7. The van der Waals surface area contributed by atoms with Crippen molar-refractivity contribution in [2.45, 2.75) is 38.6 Å². The number of ether oxygens (including phenoxy) is 1. The molecule has 0 radical (unpaired) electrons. The van der Waals surface area contributed by atoms with Crippen LogP contribution in [0.1, 0.15) is 29.5 Å². The number of likely N-dealkylation sites (tertiary alicyclic amines) is 1. The first kappa shape index (κ1) is 27.9. The van der Waals surface area contributed by atoms with Gasteiger partial charge < -0.3 is 10.1 Å². The predicted molar refractivity (Wildman–Crippen MR) is 151 cm³/mol. The highest BCUT2D eigenvalue weighted by Crippen LogP contribution is 2.29. The molecule has 0 bridgehead atoms. The summed E-state index contributed by atoms with van der Waals surface area (Å²) in [6.45, 7) is 4.43. The van der Waals surface area contributed by atoms with Crippen molar-refractivity contribution in [2.24, 2.45) is 0 Å². The third-order valence-corrected chi connectivity index (χ3v) is 6.71. The summed E-state index contributed by atoms with van der Waals surface area (Å²) in [7, 11) is 0. The Morgan fingerprint density at radius 2 is 1.47 bits per heavy atom. The Morgan fingerprint density at radius 1 is 0.778 bits per heavy atom. The molecule has 6 heteroatoms. The summed E-state index contributed by atoms with van der Waals surface area (Å²) in [6.07, 6.45) is 2.28. The fourth-order valence-corrected chi connectivity index (χ4v) is 4.76. The number of nitrogens with one attached hydrogen (secondary N) is 1. The van der Waals surface area contributed by atoms with Crippen molar-refractivity contribution in [2.75, 3.05) is 13.1 Å². The number of hydrogen-bond donors (Lipinski definition) is 1. The molecule has 0 spiro atoms. The van der Waals surface area contributed by atoms with E-state index in [1.807, 2.05) is 0 Å². The maximum atomic E-state index is 13.2. The number of benzene rings is 4. The quantitative estimate of drug-likeness (QED) is 0.263. The van der Waals surface area contributed by atoms with E-state index in [1.54, 1.807) is 12.1 Å². The van der Waals surface area contributed by atoms with Gasteiger partial charge in [-0.2, -0.15) is 0 Å². The average Bonchev–Trinajstić information content (AvgIpc) is 2.89.